The van der Waals surface area contributed by atoms with Gasteiger partial charge in [0.15, 0.2) is 0 Å². The monoisotopic (exact) mass is 380 g/mol. The summed E-state index contributed by atoms with van der Waals surface area (Å²) in [6.07, 6.45) is -2.51. The molecule has 146 valence electrons. The summed E-state index contributed by atoms with van der Waals surface area (Å²) in [5, 5.41) is 2.82. The van der Waals surface area contributed by atoms with Gasteiger partial charge in [-0.15, -0.1) is 13.2 Å². The summed E-state index contributed by atoms with van der Waals surface area (Å²) in [4.78, 5) is 11.8. The van der Waals surface area contributed by atoms with Crippen molar-refractivity contribution in [1.82, 2.24) is 5.32 Å². The molecule has 0 radical (unpaired) electrons. The van der Waals surface area contributed by atoms with E-state index in [1.54, 1.807) is 12.1 Å². The van der Waals surface area contributed by atoms with Crippen LogP contribution >= 0.6 is 0 Å². The van der Waals surface area contributed by atoms with Crippen LogP contribution in [0.15, 0.2) is 48.5 Å². The van der Waals surface area contributed by atoms with E-state index in [1.165, 1.54) is 12.1 Å². The lowest BCUT2D eigenvalue weighted by molar-refractivity contribution is -0.274. The van der Waals surface area contributed by atoms with Crippen LogP contribution in [0.4, 0.5) is 13.2 Å². The van der Waals surface area contributed by atoms with E-state index in [4.69, 9.17) is 5.73 Å². The third-order valence-corrected chi connectivity index (χ3v) is 4.02. The van der Waals surface area contributed by atoms with E-state index in [1.807, 2.05) is 31.2 Å². The van der Waals surface area contributed by atoms with Crippen LogP contribution in [0.1, 0.15) is 25.3 Å². The molecule has 2 aromatic rings. The molecule has 3 N–H and O–H groups in total. The summed E-state index contributed by atoms with van der Waals surface area (Å²) >= 11 is 0. The summed E-state index contributed by atoms with van der Waals surface area (Å²) in [7, 11) is 0. The zero-order chi connectivity index (χ0) is 19.9. The smallest absolute Gasteiger partial charge is 0.406 e. The van der Waals surface area contributed by atoms with Crippen LogP contribution in [-0.4, -0.2) is 24.9 Å². The van der Waals surface area contributed by atoms with E-state index in [0.717, 1.165) is 23.1 Å². The lowest BCUT2D eigenvalue weighted by atomic mass is 10.0. The molecule has 0 bridgehead atoms. The van der Waals surface area contributed by atoms with Crippen LogP contribution in [-0.2, 0) is 11.2 Å². The van der Waals surface area contributed by atoms with Crippen molar-refractivity contribution in [3.05, 3.63) is 54.1 Å². The molecule has 2 aromatic carbocycles. The summed E-state index contributed by atoms with van der Waals surface area (Å²) in [5.41, 5.74) is 8.46. The zero-order valence-electron chi connectivity index (χ0n) is 15.1. The van der Waals surface area contributed by atoms with Crippen molar-refractivity contribution in [3.63, 3.8) is 0 Å². The average Bonchev–Trinajstić information content (AvgIpc) is 2.62. The number of hydrogen-bond acceptors (Lipinski definition) is 3. The number of nitrogens with two attached hydrogens (primary N) is 1. The number of rotatable bonds is 8. The first-order valence-corrected chi connectivity index (χ1v) is 8.77. The first-order valence-electron chi connectivity index (χ1n) is 8.77. The van der Waals surface area contributed by atoms with E-state index >= 15 is 0 Å². The number of ether oxygens (including phenoxy) is 1. The first kappa shape index (κ1) is 20.8. The van der Waals surface area contributed by atoms with E-state index in [-0.39, 0.29) is 11.7 Å². The Morgan fingerprint density at radius 3 is 2.15 bits per heavy atom. The Bertz CT molecular complexity index is 728. The quantitative estimate of drug-likeness (QED) is 0.727. The molecule has 0 aliphatic heterocycles. The van der Waals surface area contributed by atoms with Gasteiger partial charge in [0, 0.05) is 6.54 Å². The molecule has 1 amide bonds. The molecule has 0 unspecified atom stereocenters. The van der Waals surface area contributed by atoms with Crippen molar-refractivity contribution in [1.29, 1.82) is 0 Å². The van der Waals surface area contributed by atoms with Crippen LogP contribution in [0.2, 0.25) is 0 Å². The van der Waals surface area contributed by atoms with Crippen molar-refractivity contribution < 1.29 is 22.7 Å². The highest BCUT2D eigenvalue weighted by molar-refractivity contribution is 5.81. The van der Waals surface area contributed by atoms with Gasteiger partial charge in [-0.2, -0.15) is 0 Å². The van der Waals surface area contributed by atoms with Gasteiger partial charge in [0.2, 0.25) is 5.91 Å². The highest BCUT2D eigenvalue weighted by Crippen LogP contribution is 2.26. The van der Waals surface area contributed by atoms with E-state index in [9.17, 15) is 18.0 Å². The maximum atomic E-state index is 12.2. The van der Waals surface area contributed by atoms with Gasteiger partial charge in [0.25, 0.3) is 0 Å². The molecule has 0 heterocycles. The molecular weight excluding hydrogens is 357 g/mol. The van der Waals surface area contributed by atoms with Crippen LogP contribution < -0.4 is 15.8 Å². The third kappa shape index (κ3) is 6.94. The third-order valence-electron chi connectivity index (χ3n) is 4.02. The fraction of sp³-hybridized carbons (Fsp3) is 0.350. The second kappa shape index (κ2) is 9.41. The minimum atomic E-state index is -4.70. The van der Waals surface area contributed by atoms with Crippen molar-refractivity contribution >= 4 is 5.91 Å². The molecule has 0 aliphatic rings. The normalized spacial score (nSPS) is 12.5. The zero-order valence-corrected chi connectivity index (χ0v) is 15.1. The Labute approximate surface area is 156 Å². The van der Waals surface area contributed by atoms with Gasteiger partial charge in [-0.25, -0.2) is 0 Å². The summed E-state index contributed by atoms with van der Waals surface area (Å²) in [6, 6.07) is 12.9. The lowest BCUT2D eigenvalue weighted by Crippen LogP contribution is -2.41. The van der Waals surface area contributed by atoms with E-state index in [0.29, 0.717) is 19.4 Å². The number of carbonyl (C=O) groups is 1. The van der Waals surface area contributed by atoms with Gasteiger partial charge in [-0.3, -0.25) is 4.79 Å². The van der Waals surface area contributed by atoms with Crippen LogP contribution in [0.3, 0.4) is 0 Å². The Balaban J connectivity index is 1.88. The minimum Gasteiger partial charge on any atom is -0.406 e. The van der Waals surface area contributed by atoms with Crippen LogP contribution in [0, 0.1) is 0 Å². The van der Waals surface area contributed by atoms with Crippen molar-refractivity contribution in [2.45, 2.75) is 38.6 Å². The van der Waals surface area contributed by atoms with Gasteiger partial charge in [-0.1, -0.05) is 49.7 Å². The van der Waals surface area contributed by atoms with E-state index in [2.05, 4.69) is 10.1 Å². The molecule has 2 rings (SSSR count). The predicted octanol–water partition coefficient (Wildman–Crippen LogP) is 4.04. The SMILES string of the molecule is CCC[C@H](N)C(=O)NCCc1ccc(-c2ccc(OC(F)(F)F)cc2)cc1. The molecule has 0 saturated carbocycles. The van der Waals surface area contributed by atoms with Gasteiger partial charge in [0.05, 0.1) is 6.04 Å². The predicted molar refractivity (Wildman–Crippen MR) is 98.2 cm³/mol. The fourth-order valence-corrected chi connectivity index (χ4v) is 2.62. The number of halogens is 3. The Morgan fingerprint density at radius 1 is 1.07 bits per heavy atom. The van der Waals surface area contributed by atoms with Crippen LogP contribution in [0.5, 0.6) is 5.75 Å². The van der Waals surface area contributed by atoms with Crippen molar-refractivity contribution in [2.24, 2.45) is 5.73 Å². The molecule has 0 aromatic heterocycles. The molecule has 1 atom stereocenters. The standard InChI is InChI=1S/C20H23F3N2O2/c1-2-3-18(24)19(26)25-13-12-14-4-6-15(7-5-14)16-8-10-17(11-9-16)27-20(21,22)23/h4-11,18H,2-3,12-13,24H2,1H3,(H,25,26)/t18-/m0/s1. The lowest BCUT2D eigenvalue weighted by Gasteiger charge is -2.11. The molecule has 0 fully saturated rings. The topological polar surface area (TPSA) is 64.4 Å². The number of alkyl halides is 3. The fourth-order valence-electron chi connectivity index (χ4n) is 2.62. The molecule has 27 heavy (non-hydrogen) atoms. The second-order valence-corrected chi connectivity index (χ2v) is 6.21. The van der Waals surface area contributed by atoms with E-state index < -0.39 is 12.4 Å². The number of hydrogen-bond donors (Lipinski definition) is 2. The molecule has 0 saturated heterocycles. The molecular formula is C20H23F3N2O2. The maximum Gasteiger partial charge on any atom is 0.573 e. The first-order chi connectivity index (χ1) is 12.8. The highest BCUT2D eigenvalue weighted by Gasteiger charge is 2.30. The highest BCUT2D eigenvalue weighted by atomic mass is 19.4. The second-order valence-electron chi connectivity index (χ2n) is 6.21. The largest absolute Gasteiger partial charge is 0.573 e. The van der Waals surface area contributed by atoms with Crippen molar-refractivity contribution in [3.8, 4) is 16.9 Å². The Morgan fingerprint density at radius 2 is 1.63 bits per heavy atom. The van der Waals surface area contributed by atoms with Gasteiger partial charge >= 0.3 is 6.36 Å². The molecule has 4 nitrogen and oxygen atoms in total. The Hall–Kier alpha value is -2.54. The maximum absolute atomic E-state index is 12.2. The number of nitrogens with one attached hydrogen (secondary N) is 1. The van der Waals surface area contributed by atoms with Crippen molar-refractivity contribution in [2.75, 3.05) is 6.54 Å². The van der Waals surface area contributed by atoms with Gasteiger partial charge < -0.3 is 15.8 Å². The molecule has 7 heteroatoms. The summed E-state index contributed by atoms with van der Waals surface area (Å²) in [6.45, 7) is 2.48. The minimum absolute atomic E-state index is 0.144. The Kier molecular flexibility index (Phi) is 7.24. The number of benzene rings is 2. The van der Waals surface area contributed by atoms with Crippen LogP contribution in [0.25, 0.3) is 11.1 Å². The number of carbonyl (C=O) groups excluding carboxylic acids is 1. The average molecular weight is 380 g/mol. The summed E-state index contributed by atoms with van der Waals surface area (Å²) < 4.78 is 40.4. The molecule has 0 aliphatic carbocycles. The summed E-state index contributed by atoms with van der Waals surface area (Å²) in [5.74, 6) is -0.394. The molecule has 0 spiro atoms. The number of amides is 1. The van der Waals surface area contributed by atoms with Gasteiger partial charge in [0.1, 0.15) is 5.75 Å². The van der Waals surface area contributed by atoms with Gasteiger partial charge in [-0.05, 0) is 41.7 Å².